The van der Waals surface area contributed by atoms with Crippen LogP contribution in [0.3, 0.4) is 0 Å². The molecule has 17 heavy (non-hydrogen) atoms. The van der Waals surface area contributed by atoms with Gasteiger partial charge in [0, 0.05) is 18.6 Å². The van der Waals surface area contributed by atoms with Crippen LogP contribution in [0.5, 0.6) is 0 Å². The fourth-order valence-electron chi connectivity index (χ4n) is 2.54. The number of rotatable bonds is 9. The van der Waals surface area contributed by atoms with Gasteiger partial charge in [-0.2, -0.15) is 0 Å². The van der Waals surface area contributed by atoms with Crippen LogP contribution in [0.15, 0.2) is 0 Å². The maximum atomic E-state index is 6.10. The lowest BCUT2D eigenvalue weighted by Gasteiger charge is -2.43. The van der Waals surface area contributed by atoms with E-state index in [2.05, 4.69) is 46.6 Å². The van der Waals surface area contributed by atoms with Crippen molar-refractivity contribution in [3.8, 4) is 0 Å². The van der Waals surface area contributed by atoms with Crippen LogP contribution < -0.4 is 5.73 Å². The molecule has 0 aliphatic heterocycles. The van der Waals surface area contributed by atoms with Crippen LogP contribution in [0.2, 0.25) is 0 Å². The average Bonchev–Trinajstić information content (AvgIpc) is 2.35. The number of likely N-dealkylation sites (N-methyl/N-ethyl adjacent to an activating group) is 1. The van der Waals surface area contributed by atoms with Crippen LogP contribution in [0.25, 0.3) is 0 Å². The van der Waals surface area contributed by atoms with Crippen molar-refractivity contribution in [1.29, 1.82) is 0 Å². The monoisotopic (exact) mass is 242 g/mol. The molecular formula is C15H34N2. The zero-order chi connectivity index (χ0) is 13.5. The van der Waals surface area contributed by atoms with E-state index in [1.54, 1.807) is 0 Å². The molecule has 2 N–H and O–H groups in total. The van der Waals surface area contributed by atoms with Gasteiger partial charge in [-0.05, 0) is 31.7 Å². The van der Waals surface area contributed by atoms with Gasteiger partial charge in [0.05, 0.1) is 0 Å². The summed E-state index contributed by atoms with van der Waals surface area (Å²) in [6, 6.07) is 0. The first-order chi connectivity index (χ1) is 7.95. The first kappa shape index (κ1) is 16.9. The van der Waals surface area contributed by atoms with Crippen LogP contribution in [0, 0.1) is 11.8 Å². The molecule has 0 aliphatic carbocycles. The van der Waals surface area contributed by atoms with Gasteiger partial charge in [0.2, 0.25) is 0 Å². The largest absolute Gasteiger partial charge is 0.329 e. The Balaban J connectivity index is 4.67. The summed E-state index contributed by atoms with van der Waals surface area (Å²) < 4.78 is 0. The smallest absolute Gasteiger partial charge is 0.0328 e. The van der Waals surface area contributed by atoms with Crippen molar-refractivity contribution in [3.63, 3.8) is 0 Å². The summed E-state index contributed by atoms with van der Waals surface area (Å²) in [5, 5.41) is 0. The van der Waals surface area contributed by atoms with Gasteiger partial charge < -0.3 is 5.73 Å². The highest BCUT2D eigenvalue weighted by Crippen LogP contribution is 2.28. The molecule has 104 valence electrons. The van der Waals surface area contributed by atoms with E-state index in [1.807, 2.05) is 0 Å². The van der Waals surface area contributed by atoms with Crippen LogP contribution in [0.4, 0.5) is 0 Å². The van der Waals surface area contributed by atoms with Gasteiger partial charge in [0.1, 0.15) is 0 Å². The average molecular weight is 242 g/mol. The second-order valence-electron chi connectivity index (χ2n) is 5.89. The highest BCUT2D eigenvalue weighted by molar-refractivity contribution is 4.90. The van der Waals surface area contributed by atoms with Gasteiger partial charge in [-0.15, -0.1) is 0 Å². The van der Waals surface area contributed by atoms with Crippen molar-refractivity contribution in [3.05, 3.63) is 0 Å². The third kappa shape index (κ3) is 4.97. The first-order valence-corrected chi connectivity index (χ1v) is 7.36. The van der Waals surface area contributed by atoms with Gasteiger partial charge >= 0.3 is 0 Å². The molecular weight excluding hydrogens is 208 g/mol. The second kappa shape index (κ2) is 8.10. The van der Waals surface area contributed by atoms with Crippen molar-refractivity contribution >= 4 is 0 Å². The van der Waals surface area contributed by atoms with Gasteiger partial charge in [0.25, 0.3) is 0 Å². The van der Waals surface area contributed by atoms with Crippen molar-refractivity contribution in [2.75, 3.05) is 20.1 Å². The van der Waals surface area contributed by atoms with Gasteiger partial charge in [-0.25, -0.2) is 0 Å². The minimum atomic E-state index is 0.207. The summed E-state index contributed by atoms with van der Waals surface area (Å²) in [6.45, 7) is 13.4. The van der Waals surface area contributed by atoms with E-state index in [9.17, 15) is 0 Å². The molecule has 0 amide bonds. The summed E-state index contributed by atoms with van der Waals surface area (Å²) in [5.74, 6) is 1.52. The molecule has 3 atom stereocenters. The minimum absolute atomic E-state index is 0.207. The van der Waals surface area contributed by atoms with Crippen LogP contribution >= 0.6 is 0 Å². The highest BCUT2D eigenvalue weighted by Gasteiger charge is 2.32. The van der Waals surface area contributed by atoms with Gasteiger partial charge in [-0.1, -0.05) is 47.5 Å². The van der Waals surface area contributed by atoms with E-state index in [-0.39, 0.29) is 5.54 Å². The lowest BCUT2D eigenvalue weighted by Crippen LogP contribution is -2.53. The Labute approximate surface area is 109 Å². The second-order valence-corrected chi connectivity index (χ2v) is 5.89. The minimum Gasteiger partial charge on any atom is -0.329 e. The Bertz CT molecular complexity index is 187. The fraction of sp³-hybridized carbons (Fsp3) is 1.00. The van der Waals surface area contributed by atoms with E-state index in [0.717, 1.165) is 31.3 Å². The maximum absolute atomic E-state index is 6.10. The van der Waals surface area contributed by atoms with E-state index >= 15 is 0 Å². The summed E-state index contributed by atoms with van der Waals surface area (Å²) in [4.78, 5) is 2.52. The Morgan fingerprint density at radius 2 is 1.59 bits per heavy atom. The molecule has 0 saturated heterocycles. The molecule has 0 fully saturated rings. The zero-order valence-corrected chi connectivity index (χ0v) is 12.9. The standard InChI is InChI=1S/C15H34N2/c1-7-13(4)10-15(9-3,12-16)17(6)11-14(5)8-2/h13-14H,7-12,16H2,1-6H3. The normalized spacial score (nSPS) is 19.1. The molecule has 0 aromatic carbocycles. The Kier molecular flexibility index (Phi) is 8.06. The first-order valence-electron chi connectivity index (χ1n) is 7.36. The molecule has 2 nitrogen and oxygen atoms in total. The van der Waals surface area contributed by atoms with Gasteiger partial charge in [0.15, 0.2) is 0 Å². The molecule has 0 aromatic heterocycles. The van der Waals surface area contributed by atoms with E-state index in [0.29, 0.717) is 0 Å². The molecule has 0 radical (unpaired) electrons. The van der Waals surface area contributed by atoms with E-state index in [1.165, 1.54) is 19.3 Å². The lowest BCUT2D eigenvalue weighted by molar-refractivity contribution is 0.0783. The van der Waals surface area contributed by atoms with Crippen LogP contribution in [-0.2, 0) is 0 Å². The Hall–Kier alpha value is -0.0800. The van der Waals surface area contributed by atoms with Crippen molar-refractivity contribution in [2.45, 2.75) is 65.8 Å². The number of hydrogen-bond acceptors (Lipinski definition) is 2. The lowest BCUT2D eigenvalue weighted by atomic mass is 9.83. The predicted octanol–water partition coefficient (Wildman–Crippen LogP) is 3.51. The number of nitrogens with zero attached hydrogens (tertiary/aromatic N) is 1. The predicted molar refractivity (Wildman–Crippen MR) is 78.2 cm³/mol. The van der Waals surface area contributed by atoms with Crippen molar-refractivity contribution < 1.29 is 0 Å². The Morgan fingerprint density at radius 1 is 1.06 bits per heavy atom. The SMILES string of the molecule is CCC(C)CN(C)C(CC)(CN)CC(C)CC. The van der Waals surface area contributed by atoms with Crippen molar-refractivity contribution in [1.82, 2.24) is 4.90 Å². The molecule has 0 bridgehead atoms. The maximum Gasteiger partial charge on any atom is 0.0328 e. The molecule has 0 rings (SSSR count). The van der Waals surface area contributed by atoms with Crippen LogP contribution in [-0.4, -0.2) is 30.6 Å². The highest BCUT2D eigenvalue weighted by atomic mass is 15.2. The van der Waals surface area contributed by atoms with Crippen molar-refractivity contribution in [2.24, 2.45) is 17.6 Å². The fourth-order valence-corrected chi connectivity index (χ4v) is 2.54. The Morgan fingerprint density at radius 3 is 1.94 bits per heavy atom. The molecule has 0 saturated carbocycles. The molecule has 3 unspecified atom stereocenters. The number of hydrogen-bond donors (Lipinski definition) is 1. The third-order valence-electron chi connectivity index (χ3n) is 4.56. The molecule has 0 aliphatic rings. The van der Waals surface area contributed by atoms with E-state index < -0.39 is 0 Å². The summed E-state index contributed by atoms with van der Waals surface area (Å²) in [6.07, 6.45) is 4.88. The number of nitrogens with two attached hydrogens (primary N) is 1. The molecule has 2 heteroatoms. The molecule has 0 heterocycles. The van der Waals surface area contributed by atoms with Crippen LogP contribution in [0.1, 0.15) is 60.3 Å². The quantitative estimate of drug-likeness (QED) is 0.670. The summed E-state index contributed by atoms with van der Waals surface area (Å²) in [7, 11) is 2.25. The van der Waals surface area contributed by atoms with E-state index in [4.69, 9.17) is 5.73 Å². The zero-order valence-electron chi connectivity index (χ0n) is 12.9. The summed E-state index contributed by atoms with van der Waals surface area (Å²) in [5.41, 5.74) is 6.30. The summed E-state index contributed by atoms with van der Waals surface area (Å²) >= 11 is 0. The molecule has 0 spiro atoms. The topological polar surface area (TPSA) is 29.3 Å². The third-order valence-corrected chi connectivity index (χ3v) is 4.56. The molecule has 0 aromatic rings. The van der Waals surface area contributed by atoms with Gasteiger partial charge in [-0.3, -0.25) is 4.90 Å².